The summed E-state index contributed by atoms with van der Waals surface area (Å²) in [5, 5.41) is 8.65. The van der Waals surface area contributed by atoms with Crippen molar-refractivity contribution in [3.8, 4) is 11.5 Å². The second kappa shape index (κ2) is 10.3. The lowest BCUT2D eigenvalue weighted by atomic mass is 10.1. The highest BCUT2D eigenvalue weighted by Crippen LogP contribution is 2.33. The fraction of sp³-hybridized carbons (Fsp3) is 0.227. The normalized spacial score (nSPS) is 15.0. The topological polar surface area (TPSA) is 76.1 Å². The Kier molecular flexibility index (Phi) is 7.48. The number of hydrogen-bond acceptors (Lipinski definition) is 6. The average Bonchev–Trinajstić information content (AvgIpc) is 3.00. The molecule has 1 fully saturated rings. The highest BCUT2D eigenvalue weighted by atomic mass is 32.2. The van der Waals surface area contributed by atoms with E-state index >= 15 is 0 Å². The number of rotatable bonds is 9. The quantitative estimate of drug-likeness (QED) is 0.464. The van der Waals surface area contributed by atoms with Gasteiger partial charge in [-0.15, -0.1) is 0 Å². The number of carbonyl (C=O) groups excluding carboxylic acids is 1. The number of hydrogen-bond donors (Lipinski definition) is 1. The van der Waals surface area contributed by atoms with Crippen molar-refractivity contribution < 1.29 is 24.2 Å². The molecule has 0 aromatic heterocycles. The monoisotopic (exact) mass is 443 g/mol. The first-order valence-corrected chi connectivity index (χ1v) is 10.5. The maximum absolute atomic E-state index is 12.8. The van der Waals surface area contributed by atoms with Crippen LogP contribution in [-0.4, -0.2) is 46.5 Å². The molecule has 0 radical (unpaired) electrons. The molecule has 0 aliphatic carbocycles. The van der Waals surface area contributed by atoms with E-state index in [-0.39, 0.29) is 18.9 Å². The van der Waals surface area contributed by atoms with Crippen LogP contribution in [0.15, 0.2) is 53.4 Å². The first-order valence-electron chi connectivity index (χ1n) is 9.29. The predicted molar refractivity (Wildman–Crippen MR) is 121 cm³/mol. The Morgan fingerprint density at radius 1 is 1.13 bits per heavy atom. The lowest BCUT2D eigenvalue weighted by molar-refractivity contribution is -0.137. The molecule has 1 N–H and O–H groups in total. The third-order valence-corrected chi connectivity index (χ3v) is 5.80. The first-order chi connectivity index (χ1) is 14.5. The molecule has 6 nitrogen and oxygen atoms in total. The van der Waals surface area contributed by atoms with Gasteiger partial charge in [0.05, 0.1) is 25.0 Å². The SMILES string of the molecule is COc1ccc(CCN2C(=O)/C(=C\c3ccc(OCCC(=O)O)cc3)SC2=S)cc1. The number of amides is 1. The van der Waals surface area contributed by atoms with Gasteiger partial charge in [0.25, 0.3) is 5.91 Å². The fourth-order valence-electron chi connectivity index (χ4n) is 2.79. The summed E-state index contributed by atoms with van der Waals surface area (Å²) in [6, 6.07) is 14.9. The number of aliphatic carboxylic acids is 1. The van der Waals surface area contributed by atoms with Gasteiger partial charge >= 0.3 is 5.97 Å². The molecule has 1 heterocycles. The Balaban J connectivity index is 1.59. The number of carboxylic acids is 1. The van der Waals surface area contributed by atoms with Gasteiger partial charge in [0.2, 0.25) is 0 Å². The van der Waals surface area contributed by atoms with E-state index in [1.54, 1.807) is 30.2 Å². The molecule has 3 rings (SSSR count). The molecular weight excluding hydrogens is 422 g/mol. The van der Waals surface area contributed by atoms with E-state index < -0.39 is 5.97 Å². The van der Waals surface area contributed by atoms with Crippen LogP contribution >= 0.6 is 24.0 Å². The summed E-state index contributed by atoms with van der Waals surface area (Å²) in [6.45, 7) is 0.631. The van der Waals surface area contributed by atoms with Crippen molar-refractivity contribution >= 4 is 46.3 Å². The Morgan fingerprint density at radius 3 is 2.43 bits per heavy atom. The van der Waals surface area contributed by atoms with Gasteiger partial charge in [0, 0.05) is 6.54 Å². The van der Waals surface area contributed by atoms with E-state index in [0.717, 1.165) is 16.9 Å². The van der Waals surface area contributed by atoms with Crippen molar-refractivity contribution in [2.24, 2.45) is 0 Å². The van der Waals surface area contributed by atoms with Gasteiger partial charge in [-0.1, -0.05) is 48.2 Å². The number of benzene rings is 2. The number of methoxy groups -OCH3 is 1. The number of carbonyl (C=O) groups is 2. The van der Waals surface area contributed by atoms with Crippen molar-refractivity contribution in [3.05, 3.63) is 64.6 Å². The van der Waals surface area contributed by atoms with Gasteiger partial charge < -0.3 is 14.6 Å². The molecule has 1 amide bonds. The minimum Gasteiger partial charge on any atom is -0.497 e. The van der Waals surface area contributed by atoms with Gasteiger partial charge in [-0.3, -0.25) is 14.5 Å². The molecule has 0 saturated carbocycles. The fourth-order valence-corrected chi connectivity index (χ4v) is 4.10. The molecule has 156 valence electrons. The molecule has 1 aliphatic rings. The molecule has 2 aromatic rings. The molecule has 1 saturated heterocycles. The third-order valence-electron chi connectivity index (χ3n) is 4.42. The molecular formula is C22H21NO5S2. The van der Waals surface area contributed by atoms with Crippen LogP contribution in [0.3, 0.4) is 0 Å². The summed E-state index contributed by atoms with van der Waals surface area (Å²) >= 11 is 6.69. The van der Waals surface area contributed by atoms with Crippen LogP contribution < -0.4 is 9.47 Å². The smallest absolute Gasteiger partial charge is 0.306 e. The molecule has 0 unspecified atom stereocenters. The van der Waals surface area contributed by atoms with E-state index in [2.05, 4.69) is 0 Å². The number of nitrogens with zero attached hydrogens (tertiary/aromatic N) is 1. The summed E-state index contributed by atoms with van der Waals surface area (Å²) in [6.07, 6.45) is 2.44. The number of thioether (sulfide) groups is 1. The van der Waals surface area contributed by atoms with Crippen LogP contribution in [0.25, 0.3) is 6.08 Å². The second-order valence-corrected chi connectivity index (χ2v) is 8.17. The average molecular weight is 444 g/mol. The van der Waals surface area contributed by atoms with Crippen molar-refractivity contribution in [1.29, 1.82) is 0 Å². The number of carboxylic acid groups (broad SMARTS) is 1. The zero-order chi connectivity index (χ0) is 21.5. The maximum atomic E-state index is 12.8. The van der Waals surface area contributed by atoms with E-state index in [9.17, 15) is 9.59 Å². The van der Waals surface area contributed by atoms with E-state index in [1.165, 1.54) is 11.8 Å². The lowest BCUT2D eigenvalue weighted by Gasteiger charge is -2.14. The third kappa shape index (κ3) is 5.84. The van der Waals surface area contributed by atoms with Crippen molar-refractivity contribution in [1.82, 2.24) is 4.90 Å². The molecule has 30 heavy (non-hydrogen) atoms. The van der Waals surface area contributed by atoms with Gasteiger partial charge in [0.1, 0.15) is 15.8 Å². The van der Waals surface area contributed by atoms with Crippen LogP contribution in [0, 0.1) is 0 Å². The Morgan fingerprint density at radius 2 is 1.80 bits per heavy atom. The maximum Gasteiger partial charge on any atom is 0.306 e. The summed E-state index contributed by atoms with van der Waals surface area (Å²) in [4.78, 5) is 25.5. The van der Waals surface area contributed by atoms with Crippen LogP contribution in [-0.2, 0) is 16.0 Å². The Labute approximate surface area is 184 Å². The van der Waals surface area contributed by atoms with Crippen LogP contribution in [0.4, 0.5) is 0 Å². The molecule has 0 spiro atoms. The minimum absolute atomic E-state index is 0.0548. The van der Waals surface area contributed by atoms with Crippen molar-refractivity contribution in [3.63, 3.8) is 0 Å². The first kappa shape index (κ1) is 21.9. The van der Waals surface area contributed by atoms with Gasteiger partial charge in [-0.2, -0.15) is 0 Å². The minimum atomic E-state index is -0.902. The molecule has 2 aromatic carbocycles. The molecule has 1 aliphatic heterocycles. The largest absolute Gasteiger partial charge is 0.497 e. The van der Waals surface area contributed by atoms with Crippen LogP contribution in [0.2, 0.25) is 0 Å². The Hall–Kier alpha value is -2.84. The second-order valence-electron chi connectivity index (χ2n) is 6.49. The van der Waals surface area contributed by atoms with Gasteiger partial charge in [0.15, 0.2) is 0 Å². The summed E-state index contributed by atoms with van der Waals surface area (Å²) in [7, 11) is 1.63. The predicted octanol–water partition coefficient (Wildman–Crippen LogP) is 3.99. The van der Waals surface area contributed by atoms with Crippen molar-refractivity contribution in [2.75, 3.05) is 20.3 Å². The molecule has 8 heteroatoms. The summed E-state index contributed by atoms with van der Waals surface area (Å²) in [5.74, 6) is 0.381. The van der Waals surface area contributed by atoms with E-state index in [1.807, 2.05) is 36.4 Å². The highest BCUT2D eigenvalue weighted by molar-refractivity contribution is 8.26. The van der Waals surface area contributed by atoms with E-state index in [0.29, 0.717) is 27.9 Å². The zero-order valence-electron chi connectivity index (χ0n) is 16.4. The summed E-state index contributed by atoms with van der Waals surface area (Å²) in [5.41, 5.74) is 1.95. The van der Waals surface area contributed by atoms with Gasteiger partial charge in [-0.05, 0) is 47.9 Å². The van der Waals surface area contributed by atoms with Crippen molar-refractivity contribution in [2.45, 2.75) is 12.8 Å². The standard InChI is InChI=1S/C22H21NO5S2/c1-27-17-6-2-15(3-7-17)10-12-23-21(26)19(30-22(23)29)14-16-4-8-18(9-5-16)28-13-11-20(24)25/h2-9,14H,10-13H2,1H3,(H,24,25)/b19-14+. The van der Waals surface area contributed by atoms with Gasteiger partial charge in [-0.25, -0.2) is 0 Å². The lowest BCUT2D eigenvalue weighted by Crippen LogP contribution is -2.30. The number of ether oxygens (including phenoxy) is 2. The molecule has 0 bridgehead atoms. The van der Waals surface area contributed by atoms with E-state index in [4.69, 9.17) is 26.8 Å². The molecule has 0 atom stereocenters. The summed E-state index contributed by atoms with van der Waals surface area (Å²) < 4.78 is 11.1. The zero-order valence-corrected chi connectivity index (χ0v) is 18.0. The highest BCUT2D eigenvalue weighted by Gasteiger charge is 2.31. The Bertz CT molecular complexity index is 954. The number of thiocarbonyl (C=S) groups is 1. The van der Waals surface area contributed by atoms with Crippen LogP contribution in [0.1, 0.15) is 17.5 Å². The van der Waals surface area contributed by atoms with Crippen LogP contribution in [0.5, 0.6) is 11.5 Å².